The van der Waals surface area contributed by atoms with Gasteiger partial charge in [-0.25, -0.2) is 0 Å². The minimum Gasteiger partial charge on any atom is -0.377 e. The summed E-state index contributed by atoms with van der Waals surface area (Å²) in [7, 11) is 2.14. The Balaban J connectivity index is 1.74. The Bertz CT molecular complexity index is 407. The number of ether oxygens (including phenoxy) is 1. The van der Waals surface area contributed by atoms with E-state index in [4.69, 9.17) is 16.3 Å². The van der Waals surface area contributed by atoms with E-state index in [0.29, 0.717) is 12.1 Å². The molecule has 20 heavy (non-hydrogen) atoms. The van der Waals surface area contributed by atoms with Crippen LogP contribution in [0.4, 0.5) is 0 Å². The third-order valence-electron chi connectivity index (χ3n) is 4.08. The van der Waals surface area contributed by atoms with E-state index in [9.17, 15) is 0 Å². The Morgan fingerprint density at radius 2 is 2.15 bits per heavy atom. The van der Waals surface area contributed by atoms with Crippen LogP contribution < -0.4 is 5.32 Å². The van der Waals surface area contributed by atoms with E-state index in [-0.39, 0.29) is 0 Å². The van der Waals surface area contributed by atoms with E-state index in [1.54, 1.807) is 0 Å². The minimum absolute atomic E-state index is 0.352. The SMILES string of the molecule is CC(c1cccc(Cl)c1)N(C)CCOC1CCNCC1. The zero-order valence-electron chi connectivity index (χ0n) is 12.4. The number of halogens is 1. The van der Waals surface area contributed by atoms with Crippen molar-refractivity contribution in [1.82, 2.24) is 10.2 Å². The molecule has 0 amide bonds. The smallest absolute Gasteiger partial charge is 0.0600 e. The second-order valence-electron chi connectivity index (χ2n) is 5.53. The van der Waals surface area contributed by atoms with Crippen molar-refractivity contribution >= 4 is 11.6 Å². The van der Waals surface area contributed by atoms with Gasteiger partial charge in [0.25, 0.3) is 0 Å². The molecule has 1 heterocycles. The van der Waals surface area contributed by atoms with Crippen LogP contribution in [0.15, 0.2) is 24.3 Å². The summed E-state index contributed by atoms with van der Waals surface area (Å²) in [5.74, 6) is 0. The van der Waals surface area contributed by atoms with Crippen LogP contribution in [0.1, 0.15) is 31.4 Å². The number of piperidine rings is 1. The number of hydrogen-bond donors (Lipinski definition) is 1. The third-order valence-corrected chi connectivity index (χ3v) is 4.31. The molecule has 1 atom stereocenters. The Hall–Kier alpha value is -0.610. The molecule has 1 unspecified atom stereocenters. The zero-order chi connectivity index (χ0) is 14.4. The van der Waals surface area contributed by atoms with Crippen molar-refractivity contribution in [3.05, 3.63) is 34.9 Å². The van der Waals surface area contributed by atoms with E-state index in [2.05, 4.69) is 30.3 Å². The van der Waals surface area contributed by atoms with E-state index in [1.807, 2.05) is 18.2 Å². The largest absolute Gasteiger partial charge is 0.377 e. The van der Waals surface area contributed by atoms with Crippen molar-refractivity contribution < 1.29 is 4.74 Å². The van der Waals surface area contributed by atoms with E-state index < -0.39 is 0 Å². The predicted octanol–water partition coefficient (Wildman–Crippen LogP) is 3.10. The van der Waals surface area contributed by atoms with Crippen molar-refractivity contribution in [1.29, 1.82) is 0 Å². The van der Waals surface area contributed by atoms with E-state index in [1.165, 1.54) is 5.56 Å². The molecule has 0 bridgehead atoms. The van der Waals surface area contributed by atoms with Gasteiger partial charge >= 0.3 is 0 Å². The lowest BCUT2D eigenvalue weighted by Gasteiger charge is -2.27. The fourth-order valence-electron chi connectivity index (χ4n) is 2.54. The first-order valence-corrected chi connectivity index (χ1v) is 7.82. The topological polar surface area (TPSA) is 24.5 Å². The first kappa shape index (κ1) is 15.8. The van der Waals surface area contributed by atoms with Crippen LogP contribution in [0.25, 0.3) is 0 Å². The fourth-order valence-corrected chi connectivity index (χ4v) is 2.74. The number of rotatable bonds is 6. The summed E-state index contributed by atoms with van der Waals surface area (Å²) < 4.78 is 5.96. The molecule has 0 spiro atoms. The van der Waals surface area contributed by atoms with Gasteiger partial charge in [-0.15, -0.1) is 0 Å². The van der Waals surface area contributed by atoms with Crippen LogP contribution in [0.3, 0.4) is 0 Å². The second kappa shape index (κ2) is 7.99. The van der Waals surface area contributed by atoms with Gasteiger partial charge < -0.3 is 10.1 Å². The van der Waals surface area contributed by atoms with Crippen molar-refractivity contribution in [2.24, 2.45) is 0 Å². The lowest BCUT2D eigenvalue weighted by molar-refractivity contribution is 0.0190. The standard InChI is InChI=1S/C16H25ClN2O/c1-13(14-4-3-5-15(17)12-14)19(2)10-11-20-16-6-8-18-9-7-16/h3-5,12-13,16,18H,6-11H2,1-2H3. The molecular weight excluding hydrogens is 272 g/mol. The van der Waals surface area contributed by atoms with Crippen molar-refractivity contribution in [2.45, 2.75) is 31.9 Å². The van der Waals surface area contributed by atoms with Gasteiger partial charge in [0.05, 0.1) is 12.7 Å². The first-order chi connectivity index (χ1) is 9.66. The van der Waals surface area contributed by atoms with Crippen LogP contribution in [0, 0.1) is 0 Å². The first-order valence-electron chi connectivity index (χ1n) is 7.45. The number of nitrogens with one attached hydrogen (secondary N) is 1. The van der Waals surface area contributed by atoms with Gasteiger partial charge in [-0.3, -0.25) is 4.90 Å². The molecule has 112 valence electrons. The van der Waals surface area contributed by atoms with E-state index >= 15 is 0 Å². The molecule has 1 aromatic carbocycles. The number of benzene rings is 1. The van der Waals surface area contributed by atoms with Crippen LogP contribution in [0.2, 0.25) is 5.02 Å². The summed E-state index contributed by atoms with van der Waals surface area (Å²) >= 11 is 6.05. The highest BCUT2D eigenvalue weighted by atomic mass is 35.5. The monoisotopic (exact) mass is 296 g/mol. The normalized spacial score (nSPS) is 18.4. The van der Waals surface area contributed by atoms with Gasteiger partial charge in [0.15, 0.2) is 0 Å². The summed E-state index contributed by atoms with van der Waals surface area (Å²) in [6, 6.07) is 8.44. The molecule has 1 aromatic rings. The molecule has 1 N–H and O–H groups in total. The average Bonchev–Trinajstić information content (AvgIpc) is 2.47. The molecule has 1 aliphatic heterocycles. The summed E-state index contributed by atoms with van der Waals surface area (Å²) in [5, 5.41) is 4.16. The maximum Gasteiger partial charge on any atom is 0.0600 e. The van der Waals surface area contributed by atoms with Crippen molar-refractivity contribution in [3.8, 4) is 0 Å². The molecule has 1 saturated heterocycles. The highest BCUT2D eigenvalue weighted by Gasteiger charge is 2.15. The molecule has 0 aromatic heterocycles. The highest BCUT2D eigenvalue weighted by molar-refractivity contribution is 6.30. The number of nitrogens with zero attached hydrogens (tertiary/aromatic N) is 1. The molecule has 3 nitrogen and oxygen atoms in total. The molecule has 1 fully saturated rings. The van der Waals surface area contributed by atoms with Crippen LogP contribution >= 0.6 is 11.6 Å². The third kappa shape index (κ3) is 4.74. The molecule has 0 saturated carbocycles. The molecule has 4 heteroatoms. The predicted molar refractivity (Wildman–Crippen MR) is 84.3 cm³/mol. The quantitative estimate of drug-likeness (QED) is 0.873. The maximum absolute atomic E-state index is 6.05. The molecule has 2 rings (SSSR count). The fraction of sp³-hybridized carbons (Fsp3) is 0.625. The maximum atomic E-state index is 6.05. The van der Waals surface area contributed by atoms with Gasteiger partial charge in [0, 0.05) is 17.6 Å². The van der Waals surface area contributed by atoms with Crippen molar-refractivity contribution in [2.75, 3.05) is 33.3 Å². The second-order valence-corrected chi connectivity index (χ2v) is 5.97. The summed E-state index contributed by atoms with van der Waals surface area (Å²) in [4.78, 5) is 2.31. The average molecular weight is 297 g/mol. The van der Waals surface area contributed by atoms with Crippen LogP contribution in [0.5, 0.6) is 0 Å². The van der Waals surface area contributed by atoms with Gasteiger partial charge in [0.1, 0.15) is 0 Å². The minimum atomic E-state index is 0.352. The van der Waals surface area contributed by atoms with E-state index in [0.717, 1.165) is 44.1 Å². The molecule has 0 aliphatic carbocycles. The Labute approximate surface area is 127 Å². The van der Waals surface area contributed by atoms with Gasteiger partial charge in [0.2, 0.25) is 0 Å². The van der Waals surface area contributed by atoms with Crippen LogP contribution in [-0.2, 0) is 4.74 Å². The number of hydrogen-bond acceptors (Lipinski definition) is 3. The summed E-state index contributed by atoms with van der Waals surface area (Å²) in [6.45, 7) is 6.11. The van der Waals surface area contributed by atoms with Crippen LogP contribution in [-0.4, -0.2) is 44.3 Å². The zero-order valence-corrected chi connectivity index (χ0v) is 13.2. The van der Waals surface area contributed by atoms with Gasteiger partial charge in [-0.05, 0) is 57.6 Å². The summed E-state index contributed by atoms with van der Waals surface area (Å²) in [5.41, 5.74) is 1.25. The molecular formula is C16H25ClN2O. The van der Waals surface area contributed by atoms with Crippen molar-refractivity contribution in [3.63, 3.8) is 0 Å². The molecule has 1 aliphatic rings. The van der Waals surface area contributed by atoms with Gasteiger partial charge in [-0.1, -0.05) is 23.7 Å². The Kier molecular flexibility index (Phi) is 6.30. The Morgan fingerprint density at radius 1 is 1.40 bits per heavy atom. The lowest BCUT2D eigenvalue weighted by Crippen LogP contribution is -2.34. The number of likely N-dealkylation sites (N-methyl/N-ethyl adjacent to an activating group) is 1. The summed E-state index contributed by atoms with van der Waals surface area (Å²) in [6.07, 6.45) is 2.70. The van der Waals surface area contributed by atoms with Gasteiger partial charge in [-0.2, -0.15) is 0 Å². The highest BCUT2D eigenvalue weighted by Crippen LogP contribution is 2.21. The molecule has 0 radical (unpaired) electrons. The lowest BCUT2D eigenvalue weighted by atomic mass is 10.1. The Morgan fingerprint density at radius 3 is 2.85 bits per heavy atom.